The van der Waals surface area contributed by atoms with Crippen LogP contribution in [0.1, 0.15) is 16.7 Å². The molecule has 0 fully saturated rings. The molecule has 0 saturated heterocycles. The van der Waals surface area contributed by atoms with E-state index < -0.39 is 0 Å². The van der Waals surface area contributed by atoms with Crippen molar-refractivity contribution in [3.63, 3.8) is 0 Å². The fraction of sp³-hybridized carbons (Fsp3) is 0.278. The van der Waals surface area contributed by atoms with Crippen LogP contribution in [0.5, 0.6) is 0 Å². The van der Waals surface area contributed by atoms with E-state index in [1.54, 1.807) is 11.9 Å². The number of rotatable bonds is 5. The van der Waals surface area contributed by atoms with E-state index in [4.69, 9.17) is 11.6 Å². The number of likely N-dealkylation sites (N-methyl/N-ethyl adjacent to an activating group) is 1. The van der Waals surface area contributed by atoms with Gasteiger partial charge in [0.25, 0.3) is 0 Å². The lowest BCUT2D eigenvalue weighted by Gasteiger charge is -2.19. The van der Waals surface area contributed by atoms with Gasteiger partial charge in [-0.3, -0.25) is 4.79 Å². The lowest BCUT2D eigenvalue weighted by molar-refractivity contribution is -0.128. The first kappa shape index (κ1) is 16.4. The molecule has 1 amide bonds. The SMILES string of the molecule is Cc1cc(C)c(NCC(=O)N(C)Cc2ccccc2)c(Cl)c1. The van der Waals surface area contributed by atoms with E-state index in [9.17, 15) is 4.79 Å². The summed E-state index contributed by atoms with van der Waals surface area (Å²) in [7, 11) is 1.81. The summed E-state index contributed by atoms with van der Waals surface area (Å²) in [5.41, 5.74) is 4.10. The van der Waals surface area contributed by atoms with Gasteiger partial charge in [0.2, 0.25) is 5.91 Å². The molecule has 2 aromatic rings. The molecule has 116 valence electrons. The standard InChI is InChI=1S/C18H21ClN2O/c1-13-9-14(2)18(16(19)10-13)20-11-17(22)21(3)12-15-7-5-4-6-8-15/h4-10,20H,11-12H2,1-3H3. The number of benzene rings is 2. The highest BCUT2D eigenvalue weighted by molar-refractivity contribution is 6.33. The summed E-state index contributed by atoms with van der Waals surface area (Å²) in [6.45, 7) is 4.82. The maximum absolute atomic E-state index is 12.2. The summed E-state index contributed by atoms with van der Waals surface area (Å²) >= 11 is 6.24. The summed E-state index contributed by atoms with van der Waals surface area (Å²) in [5, 5.41) is 3.80. The predicted octanol–water partition coefficient (Wildman–Crippen LogP) is 4.03. The zero-order valence-electron chi connectivity index (χ0n) is 13.2. The van der Waals surface area contributed by atoms with Crippen molar-refractivity contribution in [3.05, 3.63) is 64.2 Å². The summed E-state index contributed by atoms with van der Waals surface area (Å²) in [6, 6.07) is 13.9. The summed E-state index contributed by atoms with van der Waals surface area (Å²) in [4.78, 5) is 13.9. The summed E-state index contributed by atoms with van der Waals surface area (Å²) in [6.07, 6.45) is 0. The maximum Gasteiger partial charge on any atom is 0.241 e. The van der Waals surface area contributed by atoms with Gasteiger partial charge in [-0.15, -0.1) is 0 Å². The number of anilines is 1. The average molecular weight is 317 g/mol. The Morgan fingerprint density at radius 2 is 1.86 bits per heavy atom. The van der Waals surface area contributed by atoms with Gasteiger partial charge in [0.15, 0.2) is 0 Å². The van der Waals surface area contributed by atoms with Crippen LogP contribution in [-0.4, -0.2) is 24.4 Å². The molecule has 4 heteroatoms. The van der Waals surface area contributed by atoms with Crippen molar-refractivity contribution in [1.82, 2.24) is 4.90 Å². The van der Waals surface area contributed by atoms with Gasteiger partial charge in [-0.1, -0.05) is 48.0 Å². The van der Waals surface area contributed by atoms with Crippen molar-refractivity contribution in [2.75, 3.05) is 18.9 Å². The number of hydrogen-bond donors (Lipinski definition) is 1. The number of hydrogen-bond acceptors (Lipinski definition) is 2. The van der Waals surface area contributed by atoms with E-state index >= 15 is 0 Å². The Morgan fingerprint density at radius 3 is 2.50 bits per heavy atom. The molecule has 0 unspecified atom stereocenters. The number of halogens is 1. The van der Waals surface area contributed by atoms with Crippen molar-refractivity contribution in [3.8, 4) is 0 Å². The quantitative estimate of drug-likeness (QED) is 0.903. The Morgan fingerprint density at radius 1 is 1.18 bits per heavy atom. The smallest absolute Gasteiger partial charge is 0.241 e. The molecule has 22 heavy (non-hydrogen) atoms. The third kappa shape index (κ3) is 4.25. The lowest BCUT2D eigenvalue weighted by atomic mass is 10.1. The van der Waals surface area contributed by atoms with Crippen molar-refractivity contribution in [1.29, 1.82) is 0 Å². The number of nitrogens with one attached hydrogen (secondary N) is 1. The van der Waals surface area contributed by atoms with E-state index in [0.29, 0.717) is 11.6 Å². The fourth-order valence-corrected chi connectivity index (χ4v) is 2.77. The van der Waals surface area contributed by atoms with Gasteiger partial charge in [0, 0.05) is 13.6 Å². The van der Waals surface area contributed by atoms with E-state index in [1.165, 1.54) is 0 Å². The molecule has 0 heterocycles. The van der Waals surface area contributed by atoms with Crippen LogP contribution in [0.25, 0.3) is 0 Å². The molecule has 0 aliphatic heterocycles. The fourth-order valence-electron chi connectivity index (χ4n) is 2.38. The van der Waals surface area contributed by atoms with Gasteiger partial charge in [-0.25, -0.2) is 0 Å². The molecule has 2 aromatic carbocycles. The molecule has 0 bridgehead atoms. The molecule has 3 nitrogen and oxygen atoms in total. The van der Waals surface area contributed by atoms with Gasteiger partial charge < -0.3 is 10.2 Å². The highest BCUT2D eigenvalue weighted by Crippen LogP contribution is 2.27. The first-order valence-corrected chi connectivity index (χ1v) is 7.63. The Balaban J connectivity index is 1.95. The second-order valence-corrected chi connectivity index (χ2v) is 5.93. The number of carbonyl (C=O) groups excluding carboxylic acids is 1. The second kappa shape index (κ2) is 7.32. The molecule has 0 atom stereocenters. The van der Waals surface area contributed by atoms with Crippen molar-refractivity contribution >= 4 is 23.2 Å². The van der Waals surface area contributed by atoms with Crippen LogP contribution in [0, 0.1) is 13.8 Å². The van der Waals surface area contributed by atoms with Gasteiger partial charge >= 0.3 is 0 Å². The largest absolute Gasteiger partial charge is 0.375 e. The number of aryl methyl sites for hydroxylation is 2. The minimum absolute atomic E-state index is 0.0277. The van der Waals surface area contributed by atoms with Crippen LogP contribution in [0.4, 0.5) is 5.69 Å². The van der Waals surface area contributed by atoms with Gasteiger partial charge in [-0.05, 0) is 36.6 Å². The maximum atomic E-state index is 12.2. The van der Waals surface area contributed by atoms with Crippen molar-refractivity contribution in [2.45, 2.75) is 20.4 Å². The monoisotopic (exact) mass is 316 g/mol. The van der Waals surface area contributed by atoms with Crippen molar-refractivity contribution < 1.29 is 4.79 Å². The molecule has 0 aromatic heterocycles. The molecule has 0 aliphatic rings. The van der Waals surface area contributed by atoms with E-state index in [0.717, 1.165) is 22.4 Å². The highest BCUT2D eigenvalue weighted by Gasteiger charge is 2.11. The molecule has 0 saturated carbocycles. The van der Waals surface area contributed by atoms with Crippen molar-refractivity contribution in [2.24, 2.45) is 0 Å². The third-order valence-corrected chi connectivity index (χ3v) is 3.83. The van der Waals surface area contributed by atoms with Crippen LogP contribution in [0.15, 0.2) is 42.5 Å². The Hall–Kier alpha value is -2.00. The third-order valence-electron chi connectivity index (χ3n) is 3.54. The molecule has 0 radical (unpaired) electrons. The number of amides is 1. The van der Waals surface area contributed by atoms with E-state index in [1.807, 2.05) is 56.3 Å². The molecule has 1 N–H and O–H groups in total. The second-order valence-electron chi connectivity index (χ2n) is 5.53. The molecule has 0 aliphatic carbocycles. The summed E-state index contributed by atoms with van der Waals surface area (Å²) < 4.78 is 0. The van der Waals surface area contributed by atoms with Crippen LogP contribution in [-0.2, 0) is 11.3 Å². The molecule has 2 rings (SSSR count). The normalized spacial score (nSPS) is 10.4. The van der Waals surface area contributed by atoms with Crippen LogP contribution < -0.4 is 5.32 Å². The first-order valence-electron chi connectivity index (χ1n) is 7.26. The van der Waals surface area contributed by atoms with E-state index in [-0.39, 0.29) is 12.5 Å². The predicted molar refractivity (Wildman–Crippen MR) is 92.3 cm³/mol. The molecular weight excluding hydrogens is 296 g/mol. The van der Waals surface area contributed by atoms with Crippen LogP contribution in [0.3, 0.4) is 0 Å². The van der Waals surface area contributed by atoms with E-state index in [2.05, 4.69) is 5.32 Å². The lowest BCUT2D eigenvalue weighted by Crippen LogP contribution is -2.31. The Kier molecular flexibility index (Phi) is 5.45. The molecular formula is C18H21ClN2O. The molecule has 0 spiro atoms. The number of carbonyl (C=O) groups is 1. The Bertz CT molecular complexity index is 632. The number of nitrogens with zero attached hydrogens (tertiary/aromatic N) is 1. The van der Waals surface area contributed by atoms with Crippen LogP contribution >= 0.6 is 11.6 Å². The average Bonchev–Trinajstić information content (AvgIpc) is 2.46. The van der Waals surface area contributed by atoms with Gasteiger partial charge in [0.1, 0.15) is 0 Å². The van der Waals surface area contributed by atoms with Gasteiger partial charge in [0.05, 0.1) is 17.3 Å². The minimum Gasteiger partial charge on any atom is -0.375 e. The first-order chi connectivity index (χ1) is 10.5. The zero-order chi connectivity index (χ0) is 16.1. The highest BCUT2D eigenvalue weighted by atomic mass is 35.5. The summed E-state index contributed by atoms with van der Waals surface area (Å²) in [5.74, 6) is 0.0277. The Labute approximate surface area is 136 Å². The van der Waals surface area contributed by atoms with Crippen LogP contribution in [0.2, 0.25) is 5.02 Å². The topological polar surface area (TPSA) is 32.3 Å². The zero-order valence-corrected chi connectivity index (χ0v) is 13.9. The minimum atomic E-state index is 0.0277. The van der Waals surface area contributed by atoms with Gasteiger partial charge in [-0.2, -0.15) is 0 Å².